The molecule has 40 heavy (non-hydrogen) atoms. The number of amides is 4. The molecule has 4 amide bonds. The molecule has 7 nitrogen and oxygen atoms in total. The number of benzene rings is 4. The van der Waals surface area contributed by atoms with Crippen molar-refractivity contribution >= 4 is 35.3 Å². The van der Waals surface area contributed by atoms with Crippen LogP contribution < -0.4 is 19.3 Å². The Labute approximate surface area is 232 Å². The SMILES string of the molecule is COc1ccc(C=C2C(=O)N(c3ccccc3)C(=O)N(c3ccccc3)C2=O)c(OCc2cc(C)cc(C)c2)c1. The van der Waals surface area contributed by atoms with Crippen LogP contribution in [0.5, 0.6) is 11.5 Å². The first-order chi connectivity index (χ1) is 19.4. The van der Waals surface area contributed by atoms with Crippen molar-refractivity contribution in [2.24, 2.45) is 0 Å². The van der Waals surface area contributed by atoms with Crippen molar-refractivity contribution in [1.82, 2.24) is 0 Å². The molecular weight excluding hydrogens is 504 g/mol. The monoisotopic (exact) mass is 532 g/mol. The van der Waals surface area contributed by atoms with Gasteiger partial charge in [-0.3, -0.25) is 9.59 Å². The zero-order valence-corrected chi connectivity index (χ0v) is 22.5. The van der Waals surface area contributed by atoms with Crippen molar-refractivity contribution in [3.05, 3.63) is 125 Å². The lowest BCUT2D eigenvalue weighted by Gasteiger charge is -2.34. The third-order valence-electron chi connectivity index (χ3n) is 6.47. The Morgan fingerprint density at radius 3 is 1.77 bits per heavy atom. The highest BCUT2D eigenvalue weighted by Crippen LogP contribution is 2.33. The summed E-state index contributed by atoms with van der Waals surface area (Å²) in [6.07, 6.45) is 1.47. The molecule has 5 rings (SSSR count). The lowest BCUT2D eigenvalue weighted by Crippen LogP contribution is -2.57. The molecule has 1 fully saturated rings. The van der Waals surface area contributed by atoms with E-state index in [-0.39, 0.29) is 12.2 Å². The number of rotatable bonds is 7. The van der Waals surface area contributed by atoms with Crippen LogP contribution in [0.15, 0.2) is 103 Å². The van der Waals surface area contributed by atoms with Gasteiger partial charge in [-0.1, -0.05) is 65.7 Å². The minimum atomic E-state index is -0.745. The highest BCUT2D eigenvalue weighted by atomic mass is 16.5. The van der Waals surface area contributed by atoms with E-state index in [9.17, 15) is 14.4 Å². The maximum Gasteiger partial charge on any atom is 0.343 e. The van der Waals surface area contributed by atoms with Crippen LogP contribution in [0.3, 0.4) is 0 Å². The molecule has 0 aromatic heterocycles. The number of hydrogen-bond acceptors (Lipinski definition) is 5. The largest absolute Gasteiger partial charge is 0.497 e. The highest BCUT2D eigenvalue weighted by molar-refractivity contribution is 6.46. The number of carbonyl (C=O) groups is 3. The number of aryl methyl sites for hydroxylation is 2. The number of methoxy groups -OCH3 is 1. The van der Waals surface area contributed by atoms with Gasteiger partial charge in [0.05, 0.1) is 18.5 Å². The molecule has 0 aliphatic carbocycles. The van der Waals surface area contributed by atoms with Gasteiger partial charge in [0.15, 0.2) is 0 Å². The van der Waals surface area contributed by atoms with Gasteiger partial charge >= 0.3 is 6.03 Å². The summed E-state index contributed by atoms with van der Waals surface area (Å²) in [6, 6.07) is 27.7. The molecule has 0 bridgehead atoms. The molecule has 0 spiro atoms. The average Bonchev–Trinajstić information content (AvgIpc) is 2.95. The van der Waals surface area contributed by atoms with E-state index in [1.165, 1.54) is 6.08 Å². The summed E-state index contributed by atoms with van der Waals surface area (Å²) in [4.78, 5) is 43.1. The van der Waals surface area contributed by atoms with Gasteiger partial charge in [-0.05, 0) is 61.9 Å². The summed E-state index contributed by atoms with van der Waals surface area (Å²) in [5.41, 5.74) is 4.27. The van der Waals surface area contributed by atoms with E-state index in [0.29, 0.717) is 28.4 Å². The topological polar surface area (TPSA) is 76.2 Å². The predicted molar refractivity (Wildman–Crippen MR) is 154 cm³/mol. The molecule has 200 valence electrons. The number of urea groups is 1. The molecular formula is C33H28N2O5. The normalized spacial score (nSPS) is 13.5. The van der Waals surface area contributed by atoms with Gasteiger partial charge < -0.3 is 9.47 Å². The number of imide groups is 2. The van der Waals surface area contributed by atoms with E-state index in [4.69, 9.17) is 9.47 Å². The van der Waals surface area contributed by atoms with Crippen molar-refractivity contribution in [3.63, 3.8) is 0 Å². The van der Waals surface area contributed by atoms with E-state index in [1.807, 2.05) is 26.0 Å². The lowest BCUT2D eigenvalue weighted by atomic mass is 10.0. The quantitative estimate of drug-likeness (QED) is 0.201. The number of para-hydroxylation sites is 2. The maximum atomic E-state index is 13.7. The van der Waals surface area contributed by atoms with Gasteiger partial charge in [0, 0.05) is 11.6 Å². The number of nitrogens with zero attached hydrogens (tertiary/aromatic N) is 2. The van der Waals surface area contributed by atoms with Gasteiger partial charge in [0.1, 0.15) is 23.7 Å². The Morgan fingerprint density at radius 1 is 0.700 bits per heavy atom. The number of anilines is 2. The van der Waals surface area contributed by atoms with Crippen LogP contribution >= 0.6 is 0 Å². The Balaban J connectivity index is 1.58. The minimum absolute atomic E-state index is 0.172. The number of ether oxygens (including phenoxy) is 2. The first-order valence-corrected chi connectivity index (χ1v) is 12.8. The number of barbiturate groups is 1. The molecule has 4 aromatic carbocycles. The van der Waals surface area contributed by atoms with E-state index < -0.39 is 17.8 Å². The van der Waals surface area contributed by atoms with Crippen LogP contribution in [-0.2, 0) is 16.2 Å². The molecule has 1 aliphatic heterocycles. The van der Waals surface area contributed by atoms with E-state index in [0.717, 1.165) is 26.5 Å². The second-order valence-corrected chi connectivity index (χ2v) is 9.48. The number of carbonyl (C=O) groups excluding carboxylic acids is 3. The van der Waals surface area contributed by atoms with Crippen LogP contribution in [-0.4, -0.2) is 25.0 Å². The maximum absolute atomic E-state index is 13.7. The van der Waals surface area contributed by atoms with Crippen molar-refractivity contribution < 1.29 is 23.9 Å². The molecule has 7 heteroatoms. The van der Waals surface area contributed by atoms with Crippen molar-refractivity contribution in [2.75, 3.05) is 16.9 Å². The summed E-state index contributed by atoms with van der Waals surface area (Å²) < 4.78 is 11.6. The first kappa shape index (κ1) is 26.4. The van der Waals surface area contributed by atoms with E-state index >= 15 is 0 Å². The second kappa shape index (κ2) is 11.3. The zero-order chi connectivity index (χ0) is 28.2. The average molecular weight is 533 g/mol. The van der Waals surface area contributed by atoms with Gasteiger partial charge in [-0.15, -0.1) is 0 Å². The van der Waals surface area contributed by atoms with Gasteiger partial charge in [-0.2, -0.15) is 0 Å². The van der Waals surface area contributed by atoms with Crippen LogP contribution in [0.25, 0.3) is 6.08 Å². The van der Waals surface area contributed by atoms with Crippen molar-refractivity contribution in [3.8, 4) is 11.5 Å². The summed E-state index contributed by atoms with van der Waals surface area (Å²) in [6.45, 7) is 4.32. The lowest BCUT2D eigenvalue weighted by molar-refractivity contribution is -0.121. The standard InChI is InChI=1S/C33H28N2O5/c1-22-16-23(2)18-24(17-22)21-40-30-20-28(39-3)15-14-25(30)19-29-31(36)34(26-10-6-4-7-11-26)33(38)35(32(29)37)27-12-8-5-9-13-27/h4-20H,21H2,1-3H3. The van der Waals surface area contributed by atoms with Crippen LogP contribution in [0.2, 0.25) is 0 Å². The fourth-order valence-corrected chi connectivity index (χ4v) is 4.69. The molecule has 0 atom stereocenters. The summed E-state index contributed by atoms with van der Waals surface area (Å²) >= 11 is 0. The fraction of sp³-hybridized carbons (Fsp3) is 0.121. The Hall–Kier alpha value is -5.17. The smallest absolute Gasteiger partial charge is 0.343 e. The fourth-order valence-electron chi connectivity index (χ4n) is 4.69. The van der Waals surface area contributed by atoms with E-state index in [1.54, 1.807) is 86.0 Å². The molecule has 4 aromatic rings. The molecule has 1 aliphatic rings. The Morgan fingerprint density at radius 2 is 1.25 bits per heavy atom. The van der Waals surface area contributed by atoms with Crippen molar-refractivity contribution in [1.29, 1.82) is 0 Å². The number of hydrogen-bond donors (Lipinski definition) is 0. The molecule has 1 saturated heterocycles. The Kier molecular flexibility index (Phi) is 7.46. The summed E-state index contributed by atoms with van der Waals surface area (Å²) in [5.74, 6) is -0.444. The highest BCUT2D eigenvalue weighted by Gasteiger charge is 2.43. The van der Waals surface area contributed by atoms with E-state index in [2.05, 4.69) is 6.07 Å². The van der Waals surface area contributed by atoms with Crippen LogP contribution in [0.1, 0.15) is 22.3 Å². The molecule has 0 unspecified atom stereocenters. The summed E-state index contributed by atoms with van der Waals surface area (Å²) in [7, 11) is 1.55. The third kappa shape index (κ3) is 5.35. The molecule has 0 saturated carbocycles. The molecule has 0 N–H and O–H groups in total. The third-order valence-corrected chi connectivity index (χ3v) is 6.47. The molecule has 0 radical (unpaired) electrons. The minimum Gasteiger partial charge on any atom is -0.497 e. The van der Waals surface area contributed by atoms with Gasteiger partial charge in [0.25, 0.3) is 11.8 Å². The first-order valence-electron chi connectivity index (χ1n) is 12.8. The van der Waals surface area contributed by atoms with Crippen molar-refractivity contribution in [2.45, 2.75) is 20.5 Å². The predicted octanol–water partition coefficient (Wildman–Crippen LogP) is 6.47. The van der Waals surface area contributed by atoms with Crippen LogP contribution in [0.4, 0.5) is 16.2 Å². The Bertz CT molecular complexity index is 1530. The summed E-state index contributed by atoms with van der Waals surface area (Å²) in [5, 5.41) is 0. The van der Waals surface area contributed by atoms with Gasteiger partial charge in [0.2, 0.25) is 0 Å². The zero-order valence-electron chi connectivity index (χ0n) is 22.5. The second-order valence-electron chi connectivity index (χ2n) is 9.48. The molecule has 1 heterocycles. The van der Waals surface area contributed by atoms with Gasteiger partial charge in [-0.25, -0.2) is 14.6 Å². The van der Waals surface area contributed by atoms with Crippen LogP contribution in [0, 0.1) is 13.8 Å².